The van der Waals surface area contributed by atoms with E-state index in [2.05, 4.69) is 13.8 Å². The molecule has 0 aliphatic heterocycles. The molecule has 0 radical (unpaired) electrons. The number of carbonyl (C=O) groups excluding carboxylic acids is 1. The Morgan fingerprint density at radius 2 is 2.13 bits per heavy atom. The van der Waals surface area contributed by atoms with Crippen LogP contribution in [0.15, 0.2) is 0 Å². The summed E-state index contributed by atoms with van der Waals surface area (Å²) in [6, 6.07) is -0.0721. The number of hydrogen-bond acceptors (Lipinski definition) is 3. The van der Waals surface area contributed by atoms with Crippen molar-refractivity contribution < 1.29 is 9.53 Å². The number of nitrogens with two attached hydrogens (primary N) is 1. The monoisotopic (exact) mass is 214 g/mol. The number of carbonyl (C=O) groups is 1. The molecule has 4 nitrogen and oxygen atoms in total. The molecule has 1 aliphatic carbocycles. The molecule has 0 heterocycles. The minimum absolute atomic E-state index is 0.0352. The van der Waals surface area contributed by atoms with Crippen LogP contribution in [0.5, 0.6) is 0 Å². The third-order valence-electron chi connectivity index (χ3n) is 2.50. The summed E-state index contributed by atoms with van der Waals surface area (Å²) >= 11 is 0. The van der Waals surface area contributed by atoms with Gasteiger partial charge in [-0.15, -0.1) is 0 Å². The Morgan fingerprint density at radius 3 is 2.53 bits per heavy atom. The SMILES string of the molecule is COCC(N)C(=O)N(CC(C)C)C1CC1. The summed E-state index contributed by atoms with van der Waals surface area (Å²) in [7, 11) is 1.57. The molecule has 0 spiro atoms. The molecule has 0 aromatic carbocycles. The number of methoxy groups -OCH3 is 1. The van der Waals surface area contributed by atoms with Crippen LogP contribution in [0.3, 0.4) is 0 Å². The van der Waals surface area contributed by atoms with E-state index in [4.69, 9.17) is 10.5 Å². The van der Waals surface area contributed by atoms with Gasteiger partial charge >= 0.3 is 0 Å². The average Bonchev–Trinajstić information content (AvgIpc) is 2.96. The number of hydrogen-bond donors (Lipinski definition) is 1. The van der Waals surface area contributed by atoms with Gasteiger partial charge in [0.2, 0.25) is 5.91 Å². The van der Waals surface area contributed by atoms with Crippen molar-refractivity contribution in [3.63, 3.8) is 0 Å². The fourth-order valence-corrected chi connectivity index (χ4v) is 1.66. The largest absolute Gasteiger partial charge is 0.383 e. The predicted octanol–water partition coefficient (Wildman–Crippen LogP) is 0.607. The summed E-state index contributed by atoms with van der Waals surface area (Å²) in [5, 5.41) is 0. The highest BCUT2D eigenvalue weighted by atomic mass is 16.5. The summed E-state index contributed by atoms with van der Waals surface area (Å²) in [6.07, 6.45) is 2.25. The second-order valence-corrected chi connectivity index (χ2v) is 4.68. The highest BCUT2D eigenvalue weighted by molar-refractivity contribution is 5.82. The van der Waals surface area contributed by atoms with Gasteiger partial charge in [-0.2, -0.15) is 0 Å². The van der Waals surface area contributed by atoms with Crippen molar-refractivity contribution in [1.29, 1.82) is 0 Å². The normalized spacial score (nSPS) is 17.9. The third-order valence-corrected chi connectivity index (χ3v) is 2.50. The van der Waals surface area contributed by atoms with E-state index in [0.29, 0.717) is 18.6 Å². The van der Waals surface area contributed by atoms with E-state index in [1.165, 1.54) is 0 Å². The maximum absolute atomic E-state index is 12.0. The Hall–Kier alpha value is -0.610. The molecule has 0 bridgehead atoms. The van der Waals surface area contributed by atoms with Crippen molar-refractivity contribution in [1.82, 2.24) is 4.90 Å². The summed E-state index contributed by atoms with van der Waals surface area (Å²) in [5.41, 5.74) is 5.75. The van der Waals surface area contributed by atoms with Crippen LogP contribution in [0, 0.1) is 5.92 Å². The fraction of sp³-hybridized carbons (Fsp3) is 0.909. The molecule has 1 saturated carbocycles. The molecular formula is C11H22N2O2. The zero-order chi connectivity index (χ0) is 11.4. The van der Waals surface area contributed by atoms with Crippen LogP contribution in [-0.4, -0.2) is 43.2 Å². The molecule has 88 valence electrons. The fourth-order valence-electron chi connectivity index (χ4n) is 1.66. The van der Waals surface area contributed by atoms with Crippen molar-refractivity contribution in [3.8, 4) is 0 Å². The van der Waals surface area contributed by atoms with Crippen LogP contribution in [-0.2, 0) is 9.53 Å². The van der Waals surface area contributed by atoms with Crippen molar-refractivity contribution in [3.05, 3.63) is 0 Å². The van der Waals surface area contributed by atoms with Gasteiger partial charge in [0.25, 0.3) is 0 Å². The van der Waals surface area contributed by atoms with Crippen LogP contribution in [0.1, 0.15) is 26.7 Å². The first-order valence-electron chi connectivity index (χ1n) is 5.61. The lowest BCUT2D eigenvalue weighted by atomic mass is 10.2. The van der Waals surface area contributed by atoms with Gasteiger partial charge in [-0.1, -0.05) is 13.8 Å². The first-order valence-corrected chi connectivity index (χ1v) is 5.61. The quantitative estimate of drug-likeness (QED) is 0.704. The highest BCUT2D eigenvalue weighted by Crippen LogP contribution is 2.27. The van der Waals surface area contributed by atoms with E-state index in [0.717, 1.165) is 19.4 Å². The molecule has 1 fully saturated rings. The molecule has 0 aromatic rings. The number of amides is 1. The van der Waals surface area contributed by atoms with Crippen LogP contribution >= 0.6 is 0 Å². The van der Waals surface area contributed by atoms with Gasteiger partial charge in [-0.25, -0.2) is 0 Å². The highest BCUT2D eigenvalue weighted by Gasteiger charge is 2.34. The Bertz CT molecular complexity index is 215. The number of ether oxygens (including phenoxy) is 1. The maximum atomic E-state index is 12.0. The lowest BCUT2D eigenvalue weighted by molar-refractivity contribution is -0.134. The topological polar surface area (TPSA) is 55.6 Å². The lowest BCUT2D eigenvalue weighted by Crippen LogP contribution is -2.48. The Morgan fingerprint density at radius 1 is 1.53 bits per heavy atom. The van der Waals surface area contributed by atoms with Crippen LogP contribution < -0.4 is 5.73 Å². The second-order valence-electron chi connectivity index (χ2n) is 4.68. The van der Waals surface area contributed by atoms with Gasteiger partial charge in [0.05, 0.1) is 6.61 Å². The number of rotatable bonds is 6. The van der Waals surface area contributed by atoms with Crippen molar-refractivity contribution in [2.45, 2.75) is 38.8 Å². The van der Waals surface area contributed by atoms with E-state index in [-0.39, 0.29) is 5.91 Å². The summed E-state index contributed by atoms with van der Waals surface area (Å²) in [6.45, 7) is 5.34. The van der Waals surface area contributed by atoms with Crippen molar-refractivity contribution >= 4 is 5.91 Å². The smallest absolute Gasteiger partial charge is 0.242 e. The summed E-state index contributed by atoms with van der Waals surface area (Å²) in [5.74, 6) is 0.525. The molecule has 1 amide bonds. The van der Waals surface area contributed by atoms with Crippen molar-refractivity contribution in [2.24, 2.45) is 11.7 Å². The van der Waals surface area contributed by atoms with E-state index >= 15 is 0 Å². The first kappa shape index (κ1) is 12.5. The zero-order valence-corrected chi connectivity index (χ0v) is 9.90. The molecule has 1 aliphatic rings. The van der Waals surface area contributed by atoms with E-state index in [1.807, 2.05) is 4.90 Å². The maximum Gasteiger partial charge on any atom is 0.242 e. The van der Waals surface area contributed by atoms with E-state index in [9.17, 15) is 4.79 Å². The van der Waals surface area contributed by atoms with Gasteiger partial charge in [0.15, 0.2) is 0 Å². The Balaban J connectivity index is 2.50. The van der Waals surface area contributed by atoms with Gasteiger partial charge in [0, 0.05) is 19.7 Å². The molecule has 2 N–H and O–H groups in total. The van der Waals surface area contributed by atoms with Gasteiger partial charge in [-0.05, 0) is 18.8 Å². The van der Waals surface area contributed by atoms with Crippen molar-refractivity contribution in [2.75, 3.05) is 20.3 Å². The minimum Gasteiger partial charge on any atom is -0.383 e. The number of nitrogens with zero attached hydrogens (tertiary/aromatic N) is 1. The van der Waals surface area contributed by atoms with Gasteiger partial charge < -0.3 is 15.4 Å². The lowest BCUT2D eigenvalue weighted by Gasteiger charge is -2.27. The molecule has 1 rings (SSSR count). The molecule has 0 aromatic heterocycles. The predicted molar refractivity (Wildman–Crippen MR) is 59.4 cm³/mol. The van der Waals surface area contributed by atoms with E-state index in [1.54, 1.807) is 7.11 Å². The summed E-state index contributed by atoms with van der Waals surface area (Å²) < 4.78 is 4.91. The molecular weight excluding hydrogens is 192 g/mol. The molecule has 1 atom stereocenters. The average molecular weight is 214 g/mol. The van der Waals surface area contributed by atoms with Crippen LogP contribution in [0.2, 0.25) is 0 Å². The van der Waals surface area contributed by atoms with Crippen LogP contribution in [0.4, 0.5) is 0 Å². The second kappa shape index (κ2) is 5.47. The Kier molecular flexibility index (Phi) is 4.54. The van der Waals surface area contributed by atoms with Crippen LogP contribution in [0.25, 0.3) is 0 Å². The van der Waals surface area contributed by atoms with Gasteiger partial charge in [0.1, 0.15) is 6.04 Å². The summed E-state index contributed by atoms with van der Waals surface area (Å²) in [4.78, 5) is 13.9. The molecule has 1 unspecified atom stereocenters. The minimum atomic E-state index is -0.505. The third kappa shape index (κ3) is 3.80. The molecule has 15 heavy (non-hydrogen) atoms. The van der Waals surface area contributed by atoms with E-state index < -0.39 is 6.04 Å². The molecule has 0 saturated heterocycles. The molecule has 4 heteroatoms. The first-order chi connectivity index (χ1) is 7.06. The zero-order valence-electron chi connectivity index (χ0n) is 9.90. The standard InChI is InChI=1S/C11H22N2O2/c1-8(2)6-13(9-4-5-9)11(14)10(12)7-15-3/h8-10H,4-7,12H2,1-3H3. The Labute approximate surface area is 91.8 Å². The van der Waals surface area contributed by atoms with Gasteiger partial charge in [-0.3, -0.25) is 4.79 Å².